The molecule has 0 aliphatic rings. The minimum atomic E-state index is 0.889. The third kappa shape index (κ3) is 6.12. The Balaban J connectivity index is 0.916. The van der Waals surface area contributed by atoms with Gasteiger partial charge in [0.15, 0.2) is 0 Å². The predicted octanol–water partition coefficient (Wildman–Crippen LogP) is 17.9. The van der Waals surface area contributed by atoms with Gasteiger partial charge in [-0.05, 0) is 97.9 Å². The summed E-state index contributed by atoms with van der Waals surface area (Å²) in [5, 5.41) is 9.35. The molecule has 0 atom stereocenters. The van der Waals surface area contributed by atoms with E-state index in [2.05, 4.69) is 241 Å². The molecule has 304 valence electrons. The number of nitrogens with zero attached hydrogens (tertiary/aromatic N) is 1. The van der Waals surface area contributed by atoms with Crippen molar-refractivity contribution in [2.75, 3.05) is 4.90 Å². The Morgan fingerprint density at radius 1 is 0.262 bits per heavy atom. The average molecular weight is 830 g/mol. The first-order chi connectivity index (χ1) is 32.2. The fraction of sp³-hybridized carbons (Fsp3) is 0. The molecule has 65 heavy (non-hydrogen) atoms. The smallest absolute Gasteiger partial charge is 0.143 e. The summed E-state index contributed by atoms with van der Waals surface area (Å²) < 4.78 is 13.6. The largest absolute Gasteiger partial charge is 0.455 e. The maximum Gasteiger partial charge on any atom is 0.143 e. The molecule has 0 radical (unpaired) electrons. The summed E-state index contributed by atoms with van der Waals surface area (Å²) in [7, 11) is 0. The van der Waals surface area contributed by atoms with Gasteiger partial charge in [0, 0.05) is 55.3 Å². The van der Waals surface area contributed by atoms with Crippen LogP contribution in [0.2, 0.25) is 0 Å². The van der Waals surface area contributed by atoms with Crippen LogP contribution in [0.4, 0.5) is 17.1 Å². The molecule has 0 aliphatic carbocycles. The molecule has 2 aromatic heterocycles. The molecular weight excluding hydrogens is 791 g/mol. The van der Waals surface area contributed by atoms with Crippen molar-refractivity contribution >= 4 is 82.5 Å². The SMILES string of the molecule is c1ccc(-c2ccc(N(c3ccc(-c4cccc5c4oc4ccc6ccccc6c45)cc3)c3ccc(-c4cccc5c4oc4c(-c6ccccc6)cc6ccccc6c45)cc3)cc2)cc1. The Hall–Kier alpha value is -8.66. The van der Waals surface area contributed by atoms with Crippen LogP contribution in [-0.2, 0) is 0 Å². The van der Waals surface area contributed by atoms with E-state index in [0.29, 0.717) is 0 Å². The van der Waals surface area contributed by atoms with Crippen LogP contribution >= 0.6 is 0 Å². The molecule has 0 spiro atoms. The monoisotopic (exact) mass is 829 g/mol. The third-order valence-electron chi connectivity index (χ3n) is 13.1. The first-order valence-electron chi connectivity index (χ1n) is 22.2. The van der Waals surface area contributed by atoms with Gasteiger partial charge in [-0.25, -0.2) is 0 Å². The zero-order valence-corrected chi connectivity index (χ0v) is 35.3. The molecule has 0 aliphatic heterocycles. The summed E-state index contributed by atoms with van der Waals surface area (Å²) in [5.41, 5.74) is 15.7. The molecule has 0 fully saturated rings. The molecule has 0 saturated heterocycles. The van der Waals surface area contributed by atoms with Crippen LogP contribution in [0.1, 0.15) is 0 Å². The number of hydrogen-bond donors (Lipinski definition) is 0. The van der Waals surface area contributed by atoms with E-state index < -0.39 is 0 Å². The van der Waals surface area contributed by atoms with Crippen LogP contribution in [0.3, 0.4) is 0 Å². The fourth-order valence-corrected chi connectivity index (χ4v) is 9.96. The maximum atomic E-state index is 6.99. The molecule has 11 aromatic carbocycles. The van der Waals surface area contributed by atoms with Crippen molar-refractivity contribution in [1.29, 1.82) is 0 Å². The minimum absolute atomic E-state index is 0.889. The van der Waals surface area contributed by atoms with Gasteiger partial charge in [0.25, 0.3) is 0 Å². The molecule has 0 unspecified atom stereocenters. The van der Waals surface area contributed by atoms with Gasteiger partial charge in [-0.15, -0.1) is 0 Å². The Labute approximate surface area is 375 Å². The van der Waals surface area contributed by atoms with Gasteiger partial charge in [-0.3, -0.25) is 0 Å². The van der Waals surface area contributed by atoms with E-state index in [0.717, 1.165) is 94.3 Å². The first kappa shape index (κ1) is 36.9. The van der Waals surface area contributed by atoms with Crippen LogP contribution in [-0.4, -0.2) is 0 Å². The van der Waals surface area contributed by atoms with Crippen molar-refractivity contribution in [1.82, 2.24) is 0 Å². The molecule has 0 bridgehead atoms. The van der Waals surface area contributed by atoms with Crippen LogP contribution in [0.25, 0.3) is 110 Å². The van der Waals surface area contributed by atoms with Gasteiger partial charge < -0.3 is 13.7 Å². The van der Waals surface area contributed by atoms with Gasteiger partial charge in [-0.2, -0.15) is 0 Å². The zero-order chi connectivity index (χ0) is 42.8. The molecular formula is C62H39NO2. The Bertz CT molecular complexity index is 3900. The lowest BCUT2D eigenvalue weighted by molar-refractivity contribution is 0.670. The highest BCUT2D eigenvalue weighted by Gasteiger charge is 2.21. The topological polar surface area (TPSA) is 29.5 Å². The standard InChI is InChI=1S/C62H39NO2/c1-3-13-40(14-4-1)41-25-32-47(33-26-41)63(48-34-27-44(28-35-48)52-21-11-23-54-58-50-19-9-7-17-43(50)31-38-57(58)64-60(52)54)49-36-29-45(30-37-49)53-22-12-24-55-59-51-20-10-8-18-46(51)39-56(62(59)65-61(53)55)42-15-5-2-6-16-42/h1-39H. The van der Waals surface area contributed by atoms with E-state index in [1.165, 1.54) is 32.7 Å². The molecule has 3 heteroatoms. The van der Waals surface area contributed by atoms with Crippen LogP contribution in [0, 0.1) is 0 Å². The molecule has 13 aromatic rings. The van der Waals surface area contributed by atoms with E-state index >= 15 is 0 Å². The quantitative estimate of drug-likeness (QED) is 0.160. The van der Waals surface area contributed by atoms with E-state index in [-0.39, 0.29) is 0 Å². The summed E-state index contributed by atoms with van der Waals surface area (Å²) in [5.74, 6) is 0. The van der Waals surface area contributed by atoms with Crippen molar-refractivity contribution < 1.29 is 8.83 Å². The van der Waals surface area contributed by atoms with Crippen molar-refractivity contribution in [3.05, 3.63) is 237 Å². The number of para-hydroxylation sites is 2. The molecule has 0 N–H and O–H groups in total. The number of anilines is 3. The summed E-state index contributed by atoms with van der Waals surface area (Å²) in [6, 6.07) is 84.4. The highest BCUT2D eigenvalue weighted by atomic mass is 16.3. The second-order valence-corrected chi connectivity index (χ2v) is 16.8. The lowest BCUT2D eigenvalue weighted by atomic mass is 9.95. The lowest BCUT2D eigenvalue weighted by Gasteiger charge is -2.26. The van der Waals surface area contributed by atoms with Gasteiger partial charge >= 0.3 is 0 Å². The summed E-state index contributed by atoms with van der Waals surface area (Å²) in [4.78, 5) is 2.33. The Morgan fingerprint density at radius 3 is 1.32 bits per heavy atom. The van der Waals surface area contributed by atoms with Crippen LogP contribution in [0.15, 0.2) is 245 Å². The third-order valence-corrected chi connectivity index (χ3v) is 13.1. The number of fused-ring (bicyclic) bond motifs is 10. The van der Waals surface area contributed by atoms with Crippen molar-refractivity contribution in [3.63, 3.8) is 0 Å². The fourth-order valence-electron chi connectivity index (χ4n) is 9.96. The molecule has 0 saturated carbocycles. The number of rotatable bonds is 7. The summed E-state index contributed by atoms with van der Waals surface area (Å²) in [6.45, 7) is 0. The van der Waals surface area contributed by atoms with E-state index in [1.807, 2.05) is 0 Å². The zero-order valence-electron chi connectivity index (χ0n) is 35.3. The van der Waals surface area contributed by atoms with E-state index in [9.17, 15) is 0 Å². The highest BCUT2D eigenvalue weighted by Crippen LogP contribution is 2.45. The second kappa shape index (κ2) is 15.0. The molecule has 3 nitrogen and oxygen atoms in total. The molecule has 2 heterocycles. The predicted molar refractivity (Wildman–Crippen MR) is 272 cm³/mol. The average Bonchev–Trinajstić information content (AvgIpc) is 3.98. The van der Waals surface area contributed by atoms with Crippen molar-refractivity contribution in [2.24, 2.45) is 0 Å². The van der Waals surface area contributed by atoms with Crippen molar-refractivity contribution in [3.8, 4) is 44.5 Å². The van der Waals surface area contributed by atoms with Gasteiger partial charge in [0.2, 0.25) is 0 Å². The summed E-state index contributed by atoms with van der Waals surface area (Å²) in [6.07, 6.45) is 0. The Kier molecular flexibility index (Phi) is 8.53. The Morgan fingerprint density at radius 2 is 0.708 bits per heavy atom. The van der Waals surface area contributed by atoms with E-state index in [1.54, 1.807) is 0 Å². The number of hydrogen-bond acceptors (Lipinski definition) is 3. The first-order valence-corrected chi connectivity index (χ1v) is 22.2. The molecule has 13 rings (SSSR count). The maximum absolute atomic E-state index is 6.99. The second-order valence-electron chi connectivity index (χ2n) is 16.8. The van der Waals surface area contributed by atoms with Gasteiger partial charge in [0.1, 0.15) is 22.3 Å². The van der Waals surface area contributed by atoms with Gasteiger partial charge in [-0.1, -0.05) is 188 Å². The van der Waals surface area contributed by atoms with Crippen molar-refractivity contribution in [2.45, 2.75) is 0 Å². The minimum Gasteiger partial charge on any atom is -0.455 e. The van der Waals surface area contributed by atoms with E-state index in [4.69, 9.17) is 8.83 Å². The normalized spacial score (nSPS) is 11.7. The lowest BCUT2D eigenvalue weighted by Crippen LogP contribution is -2.09. The van der Waals surface area contributed by atoms with Gasteiger partial charge in [0.05, 0.1) is 0 Å². The van der Waals surface area contributed by atoms with Crippen LogP contribution < -0.4 is 4.90 Å². The summed E-state index contributed by atoms with van der Waals surface area (Å²) >= 11 is 0. The number of furan rings is 2. The molecule has 0 amide bonds. The highest BCUT2D eigenvalue weighted by molar-refractivity contribution is 6.24. The van der Waals surface area contributed by atoms with Crippen LogP contribution in [0.5, 0.6) is 0 Å². The number of benzene rings is 11.